The zero-order chi connectivity index (χ0) is 44.8. The van der Waals surface area contributed by atoms with Gasteiger partial charge in [0.1, 0.15) is 29.8 Å². The highest BCUT2D eigenvalue weighted by Crippen LogP contribution is 2.45. The maximum absolute atomic E-state index is 14.0. The molecule has 3 aromatic carbocycles. The molecule has 5 heterocycles. The van der Waals surface area contributed by atoms with Crippen molar-refractivity contribution in [3.05, 3.63) is 140 Å². The van der Waals surface area contributed by atoms with Gasteiger partial charge in [0.25, 0.3) is 21.6 Å². The molecule has 0 bridgehead atoms. The monoisotopic (exact) mass is 922 g/mol. The number of allylic oxidation sites excluding steroid dienone is 1. The highest BCUT2D eigenvalue weighted by Gasteiger charge is 2.34. The number of nitrogens with one attached hydrogen (secondary N) is 3. The van der Waals surface area contributed by atoms with E-state index < -0.39 is 37.5 Å². The predicted octanol–water partition coefficient (Wildman–Crippen LogP) is 9.42. The minimum Gasteiger partial charge on any atom is -0.489 e. The number of fused-ring (bicyclic) bond motifs is 2. The topological polar surface area (TPSA) is 185 Å². The number of amides is 1. The maximum Gasteiger partial charge on any atom is 0.297 e. The van der Waals surface area contributed by atoms with Gasteiger partial charge < -0.3 is 24.7 Å². The molecule has 9 rings (SSSR count). The maximum atomic E-state index is 14.0. The van der Waals surface area contributed by atoms with E-state index in [-0.39, 0.29) is 34.8 Å². The van der Waals surface area contributed by atoms with E-state index in [1.54, 1.807) is 36.5 Å². The highest BCUT2D eigenvalue weighted by molar-refractivity contribution is 7.90. The third-order valence-electron chi connectivity index (χ3n) is 12.0. The van der Waals surface area contributed by atoms with Gasteiger partial charge in [-0.3, -0.25) is 24.8 Å². The first-order chi connectivity index (χ1) is 30.7. The number of pyridine rings is 2. The number of carbonyl (C=O) groups is 1. The van der Waals surface area contributed by atoms with Crippen LogP contribution in [0.1, 0.15) is 60.8 Å². The Bertz CT molecular complexity index is 2920. The van der Waals surface area contributed by atoms with Gasteiger partial charge in [-0.05, 0) is 84.3 Å². The van der Waals surface area contributed by atoms with Gasteiger partial charge in [-0.1, -0.05) is 54.8 Å². The summed E-state index contributed by atoms with van der Waals surface area (Å²) in [6.07, 6.45) is 7.86. The van der Waals surface area contributed by atoms with Crippen LogP contribution in [0.3, 0.4) is 0 Å². The molecule has 3 aliphatic rings. The molecular weight excluding hydrogens is 880 g/mol. The number of ether oxygens (including phenoxy) is 2. The quantitative estimate of drug-likeness (QED) is 0.0828. The lowest BCUT2D eigenvalue weighted by molar-refractivity contribution is -0.384. The first kappa shape index (κ1) is 43.1. The number of rotatable bonds is 11. The molecule has 18 heteroatoms. The fourth-order valence-corrected chi connectivity index (χ4v) is 9.73. The minimum atomic E-state index is -4.69. The summed E-state index contributed by atoms with van der Waals surface area (Å²) >= 11 is 12.2. The minimum absolute atomic E-state index is 0.0119. The summed E-state index contributed by atoms with van der Waals surface area (Å²) in [5.74, 6) is -0.656. The Kier molecular flexibility index (Phi) is 11.7. The van der Waals surface area contributed by atoms with Crippen molar-refractivity contribution in [1.82, 2.24) is 24.6 Å². The first-order valence-electron chi connectivity index (χ1n) is 20.8. The molecule has 1 saturated heterocycles. The number of nitro groups is 1. The molecule has 1 atom stereocenters. The molecule has 0 spiro atoms. The molecule has 64 heavy (non-hydrogen) atoms. The van der Waals surface area contributed by atoms with Crippen LogP contribution in [-0.2, 0) is 10.0 Å². The summed E-state index contributed by atoms with van der Waals surface area (Å²) in [7, 11) is -4.69. The smallest absolute Gasteiger partial charge is 0.297 e. The van der Waals surface area contributed by atoms with E-state index in [0.717, 1.165) is 67.1 Å². The Labute approximate surface area is 379 Å². The van der Waals surface area contributed by atoms with Crippen LogP contribution in [-0.4, -0.2) is 78.4 Å². The average Bonchev–Trinajstić information content (AvgIpc) is 3.75. The van der Waals surface area contributed by atoms with E-state index in [2.05, 4.69) is 60.8 Å². The van der Waals surface area contributed by atoms with Crippen LogP contribution < -0.4 is 24.4 Å². The van der Waals surface area contributed by atoms with Crippen LogP contribution in [0.5, 0.6) is 17.2 Å². The second kappa shape index (κ2) is 17.4. The number of piperazine rings is 1. The van der Waals surface area contributed by atoms with E-state index in [9.17, 15) is 23.3 Å². The fourth-order valence-electron chi connectivity index (χ4n) is 8.49. The van der Waals surface area contributed by atoms with Crippen LogP contribution in [0, 0.1) is 15.5 Å². The Balaban J connectivity index is 0.953. The average molecular weight is 924 g/mol. The van der Waals surface area contributed by atoms with Gasteiger partial charge >= 0.3 is 0 Å². The van der Waals surface area contributed by atoms with Crippen molar-refractivity contribution < 1.29 is 27.6 Å². The lowest BCUT2D eigenvalue weighted by atomic mass is 9.72. The van der Waals surface area contributed by atoms with E-state index in [4.69, 9.17) is 32.7 Å². The van der Waals surface area contributed by atoms with Gasteiger partial charge in [-0.25, -0.2) is 18.1 Å². The number of benzene rings is 3. The van der Waals surface area contributed by atoms with Crippen LogP contribution in [0.25, 0.3) is 16.6 Å². The molecule has 1 amide bonds. The number of aromatic nitrogens is 3. The van der Waals surface area contributed by atoms with E-state index in [0.29, 0.717) is 35.2 Å². The molecule has 330 valence electrons. The van der Waals surface area contributed by atoms with E-state index >= 15 is 0 Å². The van der Waals surface area contributed by atoms with E-state index in [1.807, 2.05) is 18.2 Å². The molecular formula is C46H44Cl2N8O7S. The van der Waals surface area contributed by atoms with E-state index in [1.165, 1.54) is 35.2 Å². The molecule has 0 radical (unpaired) electrons. The Morgan fingerprint density at radius 3 is 2.52 bits per heavy atom. The van der Waals surface area contributed by atoms with Crippen molar-refractivity contribution in [1.29, 1.82) is 0 Å². The summed E-state index contributed by atoms with van der Waals surface area (Å²) in [6, 6.07) is 21.5. The van der Waals surface area contributed by atoms with Crippen LogP contribution in [0.15, 0.2) is 108 Å². The number of carbonyl (C=O) groups excluding carboxylic acids is 1. The second-order valence-corrected chi connectivity index (χ2v) is 19.5. The van der Waals surface area contributed by atoms with Gasteiger partial charge in [0, 0.05) is 79.4 Å². The zero-order valence-electron chi connectivity index (χ0n) is 34.9. The third kappa shape index (κ3) is 9.22. The van der Waals surface area contributed by atoms with Crippen molar-refractivity contribution in [3.63, 3.8) is 0 Å². The number of anilines is 2. The Hall–Kier alpha value is -6.20. The number of hydrogen-bond acceptors (Lipinski definition) is 12. The number of halogens is 2. The largest absolute Gasteiger partial charge is 0.489 e. The molecule has 15 nitrogen and oxygen atoms in total. The first-order valence-corrected chi connectivity index (χ1v) is 23.0. The van der Waals surface area contributed by atoms with Crippen molar-refractivity contribution >= 4 is 72.8 Å². The van der Waals surface area contributed by atoms with Crippen LogP contribution in [0.2, 0.25) is 10.0 Å². The van der Waals surface area contributed by atoms with Crippen LogP contribution >= 0.6 is 23.2 Å². The lowest BCUT2D eigenvalue weighted by Gasteiger charge is -2.39. The summed E-state index contributed by atoms with van der Waals surface area (Å²) in [4.78, 5) is 41.5. The van der Waals surface area contributed by atoms with Crippen molar-refractivity contribution in [2.75, 3.05) is 49.5 Å². The van der Waals surface area contributed by atoms with Crippen molar-refractivity contribution in [3.8, 4) is 17.2 Å². The SMILES string of the molecule is CC1(C)CCC(CN2CCN(c3ccc(C(=O)NS(=O)(=O)c4cc5c(c([N+](=O)[O-])c4)N[C@@H](c4ccc(Cl)cn4)CO5)c(Oc4cnc5[nH]ccc5c4)c3)CC2)=C(c2ccc(Cl)cc2)C1. The number of nitro benzene ring substituents is 1. The summed E-state index contributed by atoms with van der Waals surface area (Å²) in [6.45, 7) is 8.52. The number of sulfonamides is 1. The third-order valence-corrected chi connectivity index (χ3v) is 13.7. The number of H-pyrrole nitrogens is 1. The summed E-state index contributed by atoms with van der Waals surface area (Å²) in [5.41, 5.74) is 5.57. The molecule has 1 fully saturated rings. The molecule has 0 saturated carbocycles. The number of hydrogen-bond donors (Lipinski definition) is 3. The molecule has 1 aliphatic carbocycles. The number of nitrogens with zero attached hydrogens (tertiary/aromatic N) is 5. The normalized spacial score (nSPS) is 17.6. The van der Waals surface area contributed by atoms with Gasteiger partial charge in [-0.2, -0.15) is 0 Å². The highest BCUT2D eigenvalue weighted by atomic mass is 35.5. The molecule has 0 unspecified atom stereocenters. The molecule has 3 N–H and O–H groups in total. The second-order valence-electron chi connectivity index (χ2n) is 17.0. The zero-order valence-corrected chi connectivity index (χ0v) is 37.3. The Morgan fingerprint density at radius 2 is 1.77 bits per heavy atom. The summed E-state index contributed by atoms with van der Waals surface area (Å²) in [5, 5.41) is 17.2. The predicted molar refractivity (Wildman–Crippen MR) is 246 cm³/mol. The van der Waals surface area contributed by atoms with Gasteiger partial charge in [0.15, 0.2) is 11.4 Å². The van der Waals surface area contributed by atoms with Crippen LogP contribution in [0.4, 0.5) is 17.1 Å². The number of aromatic amines is 1. The Morgan fingerprint density at radius 1 is 0.984 bits per heavy atom. The lowest BCUT2D eigenvalue weighted by Crippen LogP contribution is -2.47. The summed E-state index contributed by atoms with van der Waals surface area (Å²) < 4.78 is 42.0. The molecule has 6 aromatic rings. The van der Waals surface area contributed by atoms with Gasteiger partial charge in [0.2, 0.25) is 0 Å². The van der Waals surface area contributed by atoms with Gasteiger partial charge in [-0.15, -0.1) is 0 Å². The fraction of sp³-hybridized carbons (Fsp3) is 0.283. The molecule has 2 aliphatic heterocycles. The van der Waals surface area contributed by atoms with Crippen molar-refractivity contribution in [2.45, 2.75) is 44.0 Å². The standard InChI is InChI=1S/C46H44Cl2N8O7S/c1-46(2)13-11-30(37(23-46)28-3-5-31(47)6-4-28)26-54-15-17-55(18-16-54)33-8-9-36(41(20-33)63-34-19-29-12-14-49-44(29)51-25-34)45(57)53-64(60,61)35-21-40(56(58)59)43-42(22-35)62-27-39(52-43)38-10-7-32(48)24-50-38/h3-10,12,14,19-22,24-25,39,52H,11,13,15-18,23,26-27H2,1-2H3,(H,49,51)(H,53,57)/t39-/m1/s1. The molecule has 3 aromatic heterocycles. The van der Waals surface area contributed by atoms with Gasteiger partial charge in [0.05, 0.1) is 32.3 Å². The van der Waals surface area contributed by atoms with Crippen molar-refractivity contribution in [2.24, 2.45) is 5.41 Å².